The average molecular weight is 377 g/mol. The van der Waals surface area contributed by atoms with Gasteiger partial charge in [0.25, 0.3) is 0 Å². The second-order valence-corrected chi connectivity index (χ2v) is 6.68. The molecule has 1 atom stereocenters. The molecule has 0 fully saturated rings. The minimum atomic E-state index is -1.10. The van der Waals surface area contributed by atoms with Gasteiger partial charge in [-0.15, -0.1) is 0 Å². The van der Waals surface area contributed by atoms with Crippen molar-refractivity contribution in [2.24, 2.45) is 0 Å². The summed E-state index contributed by atoms with van der Waals surface area (Å²) in [6.07, 6.45) is 0.635. The summed E-state index contributed by atoms with van der Waals surface area (Å²) in [5, 5.41) is 11.6. The number of amides is 1. The molecule has 7 heteroatoms. The van der Waals surface area contributed by atoms with E-state index in [2.05, 4.69) is 39.6 Å². The van der Waals surface area contributed by atoms with Crippen molar-refractivity contribution in [3.8, 4) is 11.1 Å². The van der Waals surface area contributed by atoms with Gasteiger partial charge in [0.15, 0.2) is 0 Å². The molecule has 1 aliphatic rings. The van der Waals surface area contributed by atoms with Gasteiger partial charge in [-0.3, -0.25) is 0 Å². The average Bonchev–Trinajstić information content (AvgIpc) is 3.30. The number of nitrogens with one attached hydrogen (secondary N) is 2. The number of H-pyrrole nitrogens is 1. The topological polar surface area (TPSA) is 104 Å². The molecule has 0 spiro atoms. The first-order valence-electron chi connectivity index (χ1n) is 8.94. The smallest absolute Gasteiger partial charge is 0.407 e. The molecule has 0 radical (unpaired) electrons. The molecule has 0 unspecified atom stereocenters. The van der Waals surface area contributed by atoms with E-state index in [4.69, 9.17) is 9.84 Å². The summed E-state index contributed by atoms with van der Waals surface area (Å²) in [4.78, 5) is 29.8. The normalized spacial score (nSPS) is 13.5. The summed E-state index contributed by atoms with van der Waals surface area (Å²) in [6, 6.07) is 15.7. The second-order valence-electron chi connectivity index (χ2n) is 6.68. The Hall–Kier alpha value is -3.61. The Labute approximate surface area is 161 Å². The zero-order chi connectivity index (χ0) is 19.7. The fourth-order valence-electron chi connectivity index (χ4n) is 3.55. The number of alkyl carbamates (subject to hydrolysis) is 1. The Kier molecular flexibility index (Phi) is 4.57. The number of nitrogens with zero attached hydrogens (tertiary/aromatic N) is 1. The number of hydrogen-bond donors (Lipinski definition) is 3. The van der Waals surface area contributed by atoms with Crippen LogP contribution in [0.1, 0.15) is 46.3 Å². The van der Waals surface area contributed by atoms with Gasteiger partial charge in [-0.25, -0.2) is 14.6 Å². The van der Waals surface area contributed by atoms with Crippen molar-refractivity contribution in [3.63, 3.8) is 0 Å². The Morgan fingerprint density at radius 1 is 1.14 bits per heavy atom. The predicted octanol–water partition coefficient (Wildman–Crippen LogP) is 3.71. The third-order valence-electron chi connectivity index (χ3n) is 4.91. The summed E-state index contributed by atoms with van der Waals surface area (Å²) < 4.78 is 5.48. The van der Waals surface area contributed by atoms with E-state index >= 15 is 0 Å². The van der Waals surface area contributed by atoms with Crippen LogP contribution in [0.25, 0.3) is 11.1 Å². The van der Waals surface area contributed by atoms with Crippen molar-refractivity contribution in [1.29, 1.82) is 0 Å². The van der Waals surface area contributed by atoms with Crippen molar-refractivity contribution in [3.05, 3.63) is 77.4 Å². The quantitative estimate of drug-likeness (QED) is 0.629. The molecule has 2 aromatic carbocycles. The molecule has 28 heavy (non-hydrogen) atoms. The fraction of sp³-hybridized carbons (Fsp3) is 0.190. The lowest BCUT2D eigenvalue weighted by atomic mass is 9.98. The molecule has 3 aromatic rings. The lowest BCUT2D eigenvalue weighted by Gasteiger charge is -2.16. The Morgan fingerprint density at radius 2 is 1.75 bits per heavy atom. The number of imidazole rings is 1. The highest BCUT2D eigenvalue weighted by Gasteiger charge is 2.29. The highest BCUT2D eigenvalue weighted by Crippen LogP contribution is 2.44. The Morgan fingerprint density at radius 3 is 2.32 bits per heavy atom. The number of carboxylic acids is 1. The van der Waals surface area contributed by atoms with Crippen molar-refractivity contribution in [2.75, 3.05) is 6.61 Å². The van der Waals surface area contributed by atoms with Gasteiger partial charge in [-0.2, -0.15) is 0 Å². The van der Waals surface area contributed by atoms with Crippen LogP contribution in [0.4, 0.5) is 4.79 Å². The predicted molar refractivity (Wildman–Crippen MR) is 102 cm³/mol. The SMILES string of the molecule is C[C@@H](NC(=O)OCC1c2ccccc2-c2ccccc21)c1ncc(C(=O)O)[nH]1. The highest BCUT2D eigenvalue weighted by atomic mass is 16.5. The van der Waals surface area contributed by atoms with Gasteiger partial charge in [-0.05, 0) is 29.2 Å². The maximum Gasteiger partial charge on any atom is 0.407 e. The molecule has 1 amide bonds. The molecule has 0 saturated carbocycles. The molecule has 1 aliphatic carbocycles. The van der Waals surface area contributed by atoms with E-state index in [1.54, 1.807) is 6.92 Å². The van der Waals surface area contributed by atoms with E-state index in [1.165, 1.54) is 6.20 Å². The summed E-state index contributed by atoms with van der Waals surface area (Å²) in [7, 11) is 0. The summed E-state index contributed by atoms with van der Waals surface area (Å²) >= 11 is 0. The number of fused-ring (bicyclic) bond motifs is 3. The molecule has 0 bridgehead atoms. The summed E-state index contributed by atoms with van der Waals surface area (Å²) in [6.45, 7) is 1.91. The number of hydrogen-bond acceptors (Lipinski definition) is 4. The zero-order valence-electron chi connectivity index (χ0n) is 15.2. The molecule has 142 valence electrons. The minimum absolute atomic E-state index is 0.0179. The lowest BCUT2D eigenvalue weighted by molar-refractivity contribution is 0.0691. The Bertz CT molecular complexity index is 998. The number of benzene rings is 2. The third kappa shape index (κ3) is 3.22. The largest absolute Gasteiger partial charge is 0.477 e. The first-order valence-corrected chi connectivity index (χ1v) is 8.94. The number of rotatable bonds is 5. The monoisotopic (exact) mass is 377 g/mol. The molecule has 0 saturated heterocycles. The van der Waals surface area contributed by atoms with Crippen molar-refractivity contribution < 1.29 is 19.4 Å². The van der Waals surface area contributed by atoms with Gasteiger partial charge in [0, 0.05) is 5.92 Å². The number of carbonyl (C=O) groups excluding carboxylic acids is 1. The van der Waals surface area contributed by atoms with Crippen LogP contribution >= 0.6 is 0 Å². The lowest BCUT2D eigenvalue weighted by Crippen LogP contribution is -2.29. The molecule has 4 rings (SSSR count). The molecule has 3 N–H and O–H groups in total. The van der Waals surface area contributed by atoms with Gasteiger partial charge >= 0.3 is 12.1 Å². The van der Waals surface area contributed by atoms with Crippen molar-refractivity contribution in [1.82, 2.24) is 15.3 Å². The fourth-order valence-corrected chi connectivity index (χ4v) is 3.55. The number of carbonyl (C=O) groups is 2. The van der Waals surface area contributed by atoms with Crippen molar-refractivity contribution >= 4 is 12.1 Å². The van der Waals surface area contributed by atoms with E-state index in [-0.39, 0.29) is 18.2 Å². The van der Waals surface area contributed by atoms with Crippen LogP contribution in [0.5, 0.6) is 0 Å². The van der Waals surface area contributed by atoms with Crippen molar-refractivity contribution in [2.45, 2.75) is 18.9 Å². The van der Waals surface area contributed by atoms with E-state index in [0.717, 1.165) is 22.3 Å². The van der Waals surface area contributed by atoms with Crippen LogP contribution in [0.15, 0.2) is 54.7 Å². The zero-order valence-corrected chi connectivity index (χ0v) is 15.2. The van der Waals surface area contributed by atoms with Crippen LogP contribution in [-0.4, -0.2) is 33.7 Å². The maximum absolute atomic E-state index is 12.3. The van der Waals surface area contributed by atoms with Crippen LogP contribution in [-0.2, 0) is 4.74 Å². The molecule has 0 aliphatic heterocycles. The van der Waals surface area contributed by atoms with Gasteiger partial charge < -0.3 is 20.1 Å². The first-order chi connectivity index (χ1) is 13.5. The van der Waals surface area contributed by atoms with Crippen LogP contribution < -0.4 is 5.32 Å². The van der Waals surface area contributed by atoms with E-state index in [0.29, 0.717) is 5.82 Å². The van der Waals surface area contributed by atoms with Gasteiger partial charge in [0.05, 0.1) is 12.2 Å². The number of aromatic amines is 1. The molecule has 1 heterocycles. The van der Waals surface area contributed by atoms with Crippen LogP contribution in [0, 0.1) is 0 Å². The van der Waals surface area contributed by atoms with Gasteiger partial charge in [-0.1, -0.05) is 48.5 Å². The van der Waals surface area contributed by atoms with Crippen LogP contribution in [0.3, 0.4) is 0 Å². The summed E-state index contributed by atoms with van der Waals surface area (Å²) in [5.41, 5.74) is 4.58. The van der Waals surface area contributed by atoms with Gasteiger partial charge in [0.1, 0.15) is 18.1 Å². The Balaban J connectivity index is 1.43. The molecular weight excluding hydrogens is 358 g/mol. The molecule has 1 aromatic heterocycles. The third-order valence-corrected chi connectivity index (χ3v) is 4.91. The van der Waals surface area contributed by atoms with E-state index < -0.39 is 18.1 Å². The van der Waals surface area contributed by atoms with Gasteiger partial charge in [0.2, 0.25) is 0 Å². The maximum atomic E-state index is 12.3. The molecular formula is C21H19N3O4. The minimum Gasteiger partial charge on any atom is -0.477 e. The molecule has 7 nitrogen and oxygen atoms in total. The standard InChI is InChI=1S/C21H19N3O4/c1-12(19-22-10-18(24-19)20(25)26)23-21(27)28-11-17-15-8-4-2-6-13(15)14-7-3-5-9-16(14)17/h2-10,12,17H,11H2,1H3,(H,22,24)(H,23,27)(H,25,26)/t12-/m1/s1. The number of ether oxygens (including phenoxy) is 1. The number of carboxylic acid groups (broad SMARTS) is 1. The van der Waals surface area contributed by atoms with E-state index in [1.807, 2.05) is 24.3 Å². The van der Waals surface area contributed by atoms with Crippen LogP contribution in [0.2, 0.25) is 0 Å². The first kappa shape index (κ1) is 17.8. The highest BCUT2D eigenvalue weighted by molar-refractivity contribution is 5.85. The summed E-state index contributed by atoms with van der Waals surface area (Å²) in [5.74, 6) is -0.770. The second kappa shape index (κ2) is 7.19. The number of aromatic carboxylic acids is 1. The number of aromatic nitrogens is 2. The van der Waals surface area contributed by atoms with E-state index in [9.17, 15) is 9.59 Å².